The van der Waals surface area contributed by atoms with Gasteiger partial charge in [0.1, 0.15) is 11.3 Å². The first kappa shape index (κ1) is 15.9. The molecule has 1 aromatic carbocycles. The second-order valence-corrected chi connectivity index (χ2v) is 5.70. The van der Waals surface area contributed by atoms with Crippen molar-refractivity contribution in [1.82, 2.24) is 9.88 Å². The van der Waals surface area contributed by atoms with Crippen LogP contribution in [0.1, 0.15) is 11.3 Å². The van der Waals surface area contributed by atoms with Gasteiger partial charge in [-0.3, -0.25) is 4.79 Å². The Balaban J connectivity index is 1.56. The van der Waals surface area contributed by atoms with Gasteiger partial charge in [0.2, 0.25) is 0 Å². The third-order valence-electron chi connectivity index (χ3n) is 3.82. The Morgan fingerprint density at radius 1 is 1.25 bits per heavy atom. The third-order valence-corrected chi connectivity index (χ3v) is 3.82. The smallest absolute Gasteiger partial charge is 0.319 e. The first-order valence-corrected chi connectivity index (χ1v) is 7.72. The molecule has 24 heavy (non-hydrogen) atoms. The number of amides is 2. The lowest BCUT2D eigenvalue weighted by Crippen LogP contribution is -2.31. The topological polar surface area (TPSA) is 76.3 Å². The van der Waals surface area contributed by atoms with E-state index in [-0.39, 0.29) is 11.6 Å². The lowest BCUT2D eigenvalue weighted by Gasteiger charge is -2.10. The number of para-hydroxylation sites is 1. The van der Waals surface area contributed by atoms with Gasteiger partial charge >= 0.3 is 6.03 Å². The van der Waals surface area contributed by atoms with Crippen LogP contribution in [0.25, 0.3) is 11.0 Å². The van der Waals surface area contributed by atoms with E-state index in [1.807, 2.05) is 30.3 Å². The molecule has 0 aliphatic heterocycles. The molecule has 2 amide bonds. The fourth-order valence-electron chi connectivity index (χ4n) is 2.48. The third kappa shape index (κ3) is 3.48. The van der Waals surface area contributed by atoms with Crippen molar-refractivity contribution in [2.75, 3.05) is 11.9 Å². The van der Waals surface area contributed by atoms with E-state index in [9.17, 15) is 9.59 Å². The Hall–Kier alpha value is -3.02. The number of hydrogen-bond donors (Lipinski definition) is 2. The number of aromatic nitrogens is 1. The van der Waals surface area contributed by atoms with Crippen molar-refractivity contribution >= 4 is 22.7 Å². The average molecular weight is 325 g/mol. The number of rotatable bonds is 4. The zero-order chi connectivity index (χ0) is 17.1. The number of aryl methyl sites for hydroxylation is 2. The minimum absolute atomic E-state index is 0.108. The normalized spacial score (nSPS) is 10.8. The van der Waals surface area contributed by atoms with E-state index in [0.717, 1.165) is 22.3 Å². The van der Waals surface area contributed by atoms with Gasteiger partial charge in [-0.15, -0.1) is 0 Å². The van der Waals surface area contributed by atoms with Gasteiger partial charge in [0.05, 0.1) is 5.69 Å². The maximum absolute atomic E-state index is 12.0. The Morgan fingerprint density at radius 3 is 2.83 bits per heavy atom. The summed E-state index contributed by atoms with van der Waals surface area (Å²) in [5.41, 5.74) is 2.07. The van der Waals surface area contributed by atoms with Gasteiger partial charge in [-0.2, -0.15) is 0 Å². The molecule has 0 unspecified atom stereocenters. The first-order chi connectivity index (χ1) is 11.5. The Kier molecular flexibility index (Phi) is 4.37. The number of pyridine rings is 1. The SMILES string of the molecule is Cc1cc(=O)n(C)cc1NC(=O)NCCc1cc2ccccc2o1. The second-order valence-electron chi connectivity index (χ2n) is 5.70. The molecule has 0 saturated carbocycles. The van der Waals surface area contributed by atoms with Gasteiger partial charge in [-0.05, 0) is 24.6 Å². The van der Waals surface area contributed by atoms with Crippen LogP contribution in [0.5, 0.6) is 0 Å². The first-order valence-electron chi connectivity index (χ1n) is 7.72. The highest BCUT2D eigenvalue weighted by atomic mass is 16.3. The van der Waals surface area contributed by atoms with Crippen LogP contribution >= 0.6 is 0 Å². The molecule has 3 aromatic rings. The van der Waals surface area contributed by atoms with E-state index in [1.54, 1.807) is 20.2 Å². The van der Waals surface area contributed by atoms with Crippen LogP contribution in [-0.2, 0) is 13.5 Å². The Labute approximate surface area is 139 Å². The fourth-order valence-corrected chi connectivity index (χ4v) is 2.48. The molecule has 6 nitrogen and oxygen atoms in total. The lowest BCUT2D eigenvalue weighted by atomic mass is 10.2. The molecule has 3 rings (SSSR count). The molecule has 124 valence electrons. The molecule has 2 heterocycles. The highest BCUT2D eigenvalue weighted by molar-refractivity contribution is 5.89. The summed E-state index contributed by atoms with van der Waals surface area (Å²) in [6, 6.07) is 11.0. The van der Waals surface area contributed by atoms with E-state index in [4.69, 9.17) is 4.42 Å². The number of carbonyl (C=O) groups is 1. The van der Waals surface area contributed by atoms with E-state index in [0.29, 0.717) is 18.7 Å². The van der Waals surface area contributed by atoms with Gasteiger partial charge in [-0.1, -0.05) is 18.2 Å². The van der Waals surface area contributed by atoms with Crippen LogP contribution in [0.4, 0.5) is 10.5 Å². The van der Waals surface area contributed by atoms with Gasteiger partial charge in [0.25, 0.3) is 5.56 Å². The number of fused-ring (bicyclic) bond motifs is 1. The van der Waals surface area contributed by atoms with Crippen LogP contribution in [0, 0.1) is 6.92 Å². The van der Waals surface area contributed by atoms with E-state index in [2.05, 4.69) is 10.6 Å². The number of furan rings is 1. The zero-order valence-corrected chi connectivity index (χ0v) is 13.6. The molecular weight excluding hydrogens is 306 g/mol. The van der Waals surface area contributed by atoms with E-state index in [1.165, 1.54) is 10.6 Å². The number of anilines is 1. The van der Waals surface area contributed by atoms with E-state index >= 15 is 0 Å². The Bertz CT molecular complexity index is 907. The highest BCUT2D eigenvalue weighted by Gasteiger charge is 2.07. The largest absolute Gasteiger partial charge is 0.461 e. The maximum atomic E-state index is 12.0. The van der Waals surface area contributed by atoms with Crippen molar-refractivity contribution in [3.05, 3.63) is 64.3 Å². The van der Waals surface area contributed by atoms with Crippen LogP contribution in [0.15, 0.2) is 51.8 Å². The van der Waals surface area contributed by atoms with Crippen molar-refractivity contribution in [3.8, 4) is 0 Å². The number of benzene rings is 1. The average Bonchev–Trinajstić information content (AvgIpc) is 2.95. The molecule has 0 fully saturated rings. The zero-order valence-electron chi connectivity index (χ0n) is 13.6. The highest BCUT2D eigenvalue weighted by Crippen LogP contribution is 2.18. The van der Waals surface area contributed by atoms with Crippen molar-refractivity contribution in [2.45, 2.75) is 13.3 Å². The monoisotopic (exact) mass is 325 g/mol. The van der Waals surface area contributed by atoms with Crippen LogP contribution in [0.3, 0.4) is 0 Å². The summed E-state index contributed by atoms with van der Waals surface area (Å²) in [5.74, 6) is 0.829. The molecule has 2 N–H and O–H groups in total. The van der Waals surface area contributed by atoms with Gasteiger partial charge in [-0.25, -0.2) is 4.79 Å². The number of hydrogen-bond acceptors (Lipinski definition) is 3. The van der Waals surface area contributed by atoms with Crippen molar-refractivity contribution in [3.63, 3.8) is 0 Å². The molecule has 0 atom stereocenters. The molecule has 0 aliphatic carbocycles. The van der Waals surface area contributed by atoms with Crippen LogP contribution < -0.4 is 16.2 Å². The summed E-state index contributed by atoms with van der Waals surface area (Å²) < 4.78 is 7.13. The number of nitrogens with zero attached hydrogens (tertiary/aromatic N) is 1. The lowest BCUT2D eigenvalue weighted by molar-refractivity contribution is 0.252. The molecule has 2 aromatic heterocycles. The molecule has 0 saturated heterocycles. The quantitative estimate of drug-likeness (QED) is 0.774. The standard InChI is InChI=1S/C18H19N3O3/c1-12-9-17(22)21(2)11-15(12)20-18(23)19-8-7-14-10-13-5-3-4-6-16(13)24-14/h3-6,9-11H,7-8H2,1-2H3,(H2,19,20,23). The number of urea groups is 1. The maximum Gasteiger partial charge on any atom is 0.319 e. The molecule has 6 heteroatoms. The molecule has 0 radical (unpaired) electrons. The summed E-state index contributed by atoms with van der Waals surface area (Å²) in [7, 11) is 1.65. The Morgan fingerprint density at radius 2 is 2.04 bits per heavy atom. The van der Waals surface area contributed by atoms with Crippen molar-refractivity contribution in [1.29, 1.82) is 0 Å². The minimum Gasteiger partial charge on any atom is -0.461 e. The molecule has 0 spiro atoms. The van der Waals surface area contributed by atoms with Crippen molar-refractivity contribution in [2.24, 2.45) is 7.05 Å². The minimum atomic E-state index is -0.312. The molecular formula is C18H19N3O3. The summed E-state index contributed by atoms with van der Waals surface area (Å²) in [6.07, 6.45) is 2.21. The number of carbonyl (C=O) groups excluding carboxylic acids is 1. The molecule has 0 aliphatic rings. The molecule has 0 bridgehead atoms. The second kappa shape index (κ2) is 6.62. The van der Waals surface area contributed by atoms with Gasteiger partial charge < -0.3 is 19.6 Å². The predicted molar refractivity (Wildman–Crippen MR) is 93.4 cm³/mol. The predicted octanol–water partition coefficient (Wildman–Crippen LogP) is 2.80. The number of nitrogens with one attached hydrogen (secondary N) is 2. The summed E-state index contributed by atoms with van der Waals surface area (Å²) in [6.45, 7) is 2.24. The fraction of sp³-hybridized carbons (Fsp3) is 0.222. The van der Waals surface area contributed by atoms with Gasteiger partial charge in [0, 0.05) is 37.7 Å². The summed E-state index contributed by atoms with van der Waals surface area (Å²) in [4.78, 5) is 23.5. The summed E-state index contributed by atoms with van der Waals surface area (Å²) >= 11 is 0. The van der Waals surface area contributed by atoms with Crippen LogP contribution in [0.2, 0.25) is 0 Å². The summed E-state index contributed by atoms with van der Waals surface area (Å²) in [5, 5.41) is 6.59. The van der Waals surface area contributed by atoms with Crippen molar-refractivity contribution < 1.29 is 9.21 Å². The van der Waals surface area contributed by atoms with Gasteiger partial charge in [0.15, 0.2) is 0 Å². The van der Waals surface area contributed by atoms with Crippen LogP contribution in [-0.4, -0.2) is 17.1 Å². The van der Waals surface area contributed by atoms with E-state index < -0.39 is 0 Å².